The van der Waals surface area contributed by atoms with Crippen molar-refractivity contribution in [3.05, 3.63) is 0 Å². The third-order valence-corrected chi connectivity index (χ3v) is 4.09. The molecular weight excluding hydrogens is 198 g/mol. The summed E-state index contributed by atoms with van der Waals surface area (Å²) < 4.78 is 0. The van der Waals surface area contributed by atoms with E-state index in [0.29, 0.717) is 0 Å². The zero-order valence-corrected chi connectivity index (χ0v) is 11.1. The van der Waals surface area contributed by atoms with Crippen molar-refractivity contribution in [3.63, 3.8) is 0 Å². The molecule has 2 rings (SSSR count). The summed E-state index contributed by atoms with van der Waals surface area (Å²) in [5.41, 5.74) is 0. The molecule has 2 aliphatic rings. The van der Waals surface area contributed by atoms with E-state index in [-0.39, 0.29) is 0 Å². The molecule has 1 N–H and O–H groups in total. The third kappa shape index (κ3) is 2.96. The van der Waals surface area contributed by atoms with Gasteiger partial charge in [0.25, 0.3) is 0 Å². The Balaban J connectivity index is 1.71. The van der Waals surface area contributed by atoms with Gasteiger partial charge >= 0.3 is 0 Å². The highest BCUT2D eigenvalue weighted by molar-refractivity contribution is 4.88. The lowest BCUT2D eigenvalue weighted by Crippen LogP contribution is -2.59. The van der Waals surface area contributed by atoms with Gasteiger partial charge < -0.3 is 10.2 Å². The van der Waals surface area contributed by atoms with Crippen molar-refractivity contribution in [2.75, 3.05) is 39.8 Å². The summed E-state index contributed by atoms with van der Waals surface area (Å²) in [4.78, 5) is 5.25. The summed E-state index contributed by atoms with van der Waals surface area (Å²) in [5.74, 6) is 0.810. The van der Waals surface area contributed by atoms with Crippen LogP contribution in [0.15, 0.2) is 0 Å². The van der Waals surface area contributed by atoms with Gasteiger partial charge in [0.05, 0.1) is 0 Å². The fourth-order valence-corrected chi connectivity index (χ4v) is 2.89. The lowest BCUT2D eigenvalue weighted by molar-refractivity contribution is 0.0706. The van der Waals surface area contributed by atoms with Crippen molar-refractivity contribution in [2.45, 2.75) is 38.8 Å². The molecule has 0 spiro atoms. The van der Waals surface area contributed by atoms with Crippen LogP contribution >= 0.6 is 0 Å². The molecule has 0 unspecified atom stereocenters. The van der Waals surface area contributed by atoms with Gasteiger partial charge in [0.1, 0.15) is 0 Å². The van der Waals surface area contributed by atoms with Gasteiger partial charge in [0.15, 0.2) is 0 Å². The summed E-state index contributed by atoms with van der Waals surface area (Å²) in [5, 5.41) is 3.36. The average molecular weight is 225 g/mol. The Morgan fingerprint density at radius 3 is 2.25 bits per heavy atom. The Morgan fingerprint density at radius 1 is 1.19 bits per heavy atom. The Labute approximate surface area is 100 Å². The number of rotatable bonds is 4. The highest BCUT2D eigenvalue weighted by Crippen LogP contribution is 2.19. The largest absolute Gasteiger partial charge is 0.314 e. The van der Waals surface area contributed by atoms with Crippen molar-refractivity contribution >= 4 is 0 Å². The van der Waals surface area contributed by atoms with Crippen LogP contribution in [0.5, 0.6) is 0 Å². The van der Waals surface area contributed by atoms with Crippen molar-refractivity contribution in [1.29, 1.82) is 0 Å². The van der Waals surface area contributed by atoms with Crippen LogP contribution in [0, 0.1) is 5.92 Å². The molecule has 0 aliphatic carbocycles. The van der Waals surface area contributed by atoms with E-state index in [1.54, 1.807) is 0 Å². The molecule has 2 heterocycles. The van der Waals surface area contributed by atoms with Crippen LogP contribution in [-0.2, 0) is 0 Å². The number of piperidine rings is 1. The van der Waals surface area contributed by atoms with E-state index in [0.717, 1.165) is 18.0 Å². The number of likely N-dealkylation sites (N-methyl/N-ethyl adjacent to an activating group) is 1. The number of nitrogens with one attached hydrogen (secondary N) is 1. The summed E-state index contributed by atoms with van der Waals surface area (Å²) in [6.45, 7) is 10.9. The maximum Gasteiger partial charge on any atom is 0.0345 e. The van der Waals surface area contributed by atoms with E-state index < -0.39 is 0 Å². The van der Waals surface area contributed by atoms with Gasteiger partial charge in [0, 0.05) is 31.7 Å². The van der Waals surface area contributed by atoms with Crippen molar-refractivity contribution in [1.82, 2.24) is 15.1 Å². The summed E-state index contributed by atoms with van der Waals surface area (Å²) >= 11 is 0. The first kappa shape index (κ1) is 12.3. The fourth-order valence-electron chi connectivity index (χ4n) is 2.89. The van der Waals surface area contributed by atoms with E-state index in [9.17, 15) is 0 Å². The molecule has 0 amide bonds. The van der Waals surface area contributed by atoms with Gasteiger partial charge in [0.2, 0.25) is 0 Å². The zero-order chi connectivity index (χ0) is 11.5. The van der Waals surface area contributed by atoms with Gasteiger partial charge in [-0.25, -0.2) is 0 Å². The quantitative estimate of drug-likeness (QED) is 0.770. The van der Waals surface area contributed by atoms with E-state index in [2.05, 4.69) is 36.0 Å². The first-order valence-corrected chi connectivity index (χ1v) is 6.82. The molecule has 0 aromatic rings. The maximum absolute atomic E-state index is 3.36. The lowest BCUT2D eigenvalue weighted by atomic mass is 9.99. The number of hydrogen-bond donors (Lipinski definition) is 1. The minimum absolute atomic E-state index is 0.807. The predicted molar refractivity (Wildman–Crippen MR) is 68.7 cm³/mol. The van der Waals surface area contributed by atoms with Crippen molar-refractivity contribution < 1.29 is 0 Å². The highest BCUT2D eigenvalue weighted by atomic mass is 15.3. The topological polar surface area (TPSA) is 18.5 Å². The van der Waals surface area contributed by atoms with Crippen LogP contribution in [0.4, 0.5) is 0 Å². The standard InChI is InChI=1S/C13H27N3/c1-11(2)10-16-6-4-12(5-7-16)15(3)13-8-14-9-13/h11-14H,4-10H2,1-3H3. The number of nitrogens with zero attached hydrogens (tertiary/aromatic N) is 2. The van der Waals surface area contributed by atoms with Crippen LogP contribution in [0.1, 0.15) is 26.7 Å². The van der Waals surface area contributed by atoms with Crippen molar-refractivity contribution in [2.24, 2.45) is 5.92 Å². The summed E-state index contributed by atoms with van der Waals surface area (Å²) in [7, 11) is 2.31. The van der Waals surface area contributed by atoms with Crippen molar-refractivity contribution in [3.8, 4) is 0 Å². The molecule has 0 aromatic carbocycles. The Hall–Kier alpha value is -0.120. The Kier molecular flexibility index (Phi) is 4.22. The number of hydrogen-bond acceptors (Lipinski definition) is 3. The molecular formula is C13H27N3. The normalized spacial score (nSPS) is 25.3. The first-order chi connectivity index (χ1) is 7.66. The molecule has 2 fully saturated rings. The molecule has 0 bridgehead atoms. The van der Waals surface area contributed by atoms with Crippen LogP contribution in [-0.4, -0.2) is 61.7 Å². The molecule has 2 aliphatic heterocycles. The van der Waals surface area contributed by atoms with E-state index in [4.69, 9.17) is 0 Å². The molecule has 0 atom stereocenters. The van der Waals surface area contributed by atoms with Gasteiger partial charge in [-0.3, -0.25) is 4.90 Å². The summed E-state index contributed by atoms with van der Waals surface area (Å²) in [6.07, 6.45) is 2.72. The molecule has 0 aromatic heterocycles. The zero-order valence-electron chi connectivity index (χ0n) is 11.1. The van der Waals surface area contributed by atoms with E-state index >= 15 is 0 Å². The Bertz CT molecular complexity index is 205. The molecule has 2 saturated heterocycles. The number of likely N-dealkylation sites (tertiary alicyclic amines) is 1. The summed E-state index contributed by atoms with van der Waals surface area (Å²) in [6, 6.07) is 1.64. The van der Waals surface area contributed by atoms with Crippen LogP contribution in [0.25, 0.3) is 0 Å². The second-order valence-corrected chi connectivity index (χ2v) is 5.90. The molecule has 16 heavy (non-hydrogen) atoms. The first-order valence-electron chi connectivity index (χ1n) is 6.82. The van der Waals surface area contributed by atoms with E-state index in [1.165, 1.54) is 45.6 Å². The van der Waals surface area contributed by atoms with Gasteiger partial charge in [-0.1, -0.05) is 13.8 Å². The SMILES string of the molecule is CC(C)CN1CCC(N(C)C2CNC2)CC1. The maximum atomic E-state index is 3.36. The monoisotopic (exact) mass is 225 g/mol. The molecule has 0 radical (unpaired) electrons. The average Bonchev–Trinajstić information content (AvgIpc) is 2.15. The van der Waals surface area contributed by atoms with Crippen LogP contribution < -0.4 is 5.32 Å². The molecule has 3 nitrogen and oxygen atoms in total. The minimum Gasteiger partial charge on any atom is -0.314 e. The van der Waals surface area contributed by atoms with Gasteiger partial charge in [-0.05, 0) is 38.9 Å². The van der Waals surface area contributed by atoms with Crippen LogP contribution in [0.2, 0.25) is 0 Å². The third-order valence-electron chi connectivity index (χ3n) is 4.09. The smallest absolute Gasteiger partial charge is 0.0345 e. The second kappa shape index (κ2) is 5.48. The Morgan fingerprint density at radius 2 is 1.81 bits per heavy atom. The van der Waals surface area contributed by atoms with Crippen LogP contribution in [0.3, 0.4) is 0 Å². The van der Waals surface area contributed by atoms with E-state index in [1.807, 2.05) is 0 Å². The second-order valence-electron chi connectivity index (χ2n) is 5.90. The van der Waals surface area contributed by atoms with Gasteiger partial charge in [-0.15, -0.1) is 0 Å². The molecule has 94 valence electrons. The minimum atomic E-state index is 0.807. The molecule has 3 heteroatoms. The molecule has 0 saturated carbocycles. The highest BCUT2D eigenvalue weighted by Gasteiger charge is 2.29. The fraction of sp³-hybridized carbons (Fsp3) is 1.00. The lowest BCUT2D eigenvalue weighted by Gasteiger charge is -2.44. The predicted octanol–water partition coefficient (Wildman–Crippen LogP) is 1.01. The van der Waals surface area contributed by atoms with Gasteiger partial charge in [-0.2, -0.15) is 0 Å².